The number of halogens is 1. The van der Waals surface area contributed by atoms with Gasteiger partial charge in [0.05, 0.1) is 12.2 Å². The Morgan fingerprint density at radius 2 is 1.94 bits per heavy atom. The highest BCUT2D eigenvalue weighted by molar-refractivity contribution is 4.80. The van der Waals surface area contributed by atoms with E-state index in [0.29, 0.717) is 5.12 Å². The van der Waals surface area contributed by atoms with E-state index in [9.17, 15) is 10.4 Å². The van der Waals surface area contributed by atoms with Crippen LogP contribution in [0, 0.1) is 10.4 Å². The predicted octanol–water partition coefficient (Wildman–Crippen LogP) is -7.25. The Bertz CT molecular complexity index is 214. The van der Waals surface area contributed by atoms with Crippen molar-refractivity contribution in [1.29, 1.82) is 0 Å². The SMILES string of the molecule is CO[NH+]([O-])N1C2CCC(C2)[NH+]1[NH+]([O-])OC.[I-]. The molecular formula is C7H17IN4O4. The first kappa shape index (κ1) is 14.5. The van der Waals surface area contributed by atoms with Crippen molar-refractivity contribution in [2.24, 2.45) is 0 Å². The third-order valence-corrected chi connectivity index (χ3v) is 3.18. The Labute approximate surface area is 111 Å². The third kappa shape index (κ3) is 2.32. The molecule has 2 fully saturated rings. The summed E-state index contributed by atoms with van der Waals surface area (Å²) in [4.78, 5) is 9.36. The van der Waals surface area contributed by atoms with E-state index in [-0.39, 0.29) is 36.1 Å². The Kier molecular flexibility index (Phi) is 5.28. The lowest BCUT2D eigenvalue weighted by Crippen LogP contribution is -3.65. The van der Waals surface area contributed by atoms with Crippen LogP contribution in [0.1, 0.15) is 19.3 Å². The molecule has 16 heavy (non-hydrogen) atoms. The van der Waals surface area contributed by atoms with Crippen LogP contribution in [0.15, 0.2) is 0 Å². The van der Waals surface area contributed by atoms with Crippen LogP contribution in [-0.2, 0) is 9.68 Å². The highest BCUT2D eigenvalue weighted by atomic mass is 127. The second kappa shape index (κ2) is 5.84. The summed E-state index contributed by atoms with van der Waals surface area (Å²) < 4.78 is 0. The number of quaternary nitrogens is 3. The molecule has 2 rings (SSSR count). The topological polar surface area (TPSA) is 81.1 Å². The number of hydrogen-bond acceptors (Lipinski definition) is 5. The number of rotatable bonds is 4. The predicted molar refractivity (Wildman–Crippen MR) is 46.9 cm³/mol. The minimum absolute atomic E-state index is 0. The molecule has 2 bridgehead atoms. The average molecular weight is 348 g/mol. The molecule has 1 saturated carbocycles. The number of nitrogens with one attached hydrogen (secondary N) is 3. The summed E-state index contributed by atoms with van der Waals surface area (Å²) in [5.74, 6) is 0. The van der Waals surface area contributed by atoms with Crippen molar-refractivity contribution in [1.82, 2.24) is 5.12 Å². The zero-order valence-electron chi connectivity index (χ0n) is 9.23. The largest absolute Gasteiger partial charge is 1.00 e. The molecule has 2 aliphatic rings. The lowest BCUT2D eigenvalue weighted by atomic mass is 10.3. The van der Waals surface area contributed by atoms with Crippen LogP contribution >= 0.6 is 0 Å². The van der Waals surface area contributed by atoms with Crippen LogP contribution in [0.5, 0.6) is 0 Å². The molecule has 0 aromatic heterocycles. The molecule has 5 unspecified atom stereocenters. The lowest BCUT2D eigenvalue weighted by molar-refractivity contribution is -1.64. The monoisotopic (exact) mass is 348 g/mol. The zero-order chi connectivity index (χ0) is 11.0. The van der Waals surface area contributed by atoms with Gasteiger partial charge in [0.25, 0.3) is 0 Å². The van der Waals surface area contributed by atoms with Gasteiger partial charge in [-0.15, -0.1) is 0 Å². The van der Waals surface area contributed by atoms with Gasteiger partial charge in [-0.2, -0.15) is 9.68 Å². The van der Waals surface area contributed by atoms with Crippen molar-refractivity contribution >= 4 is 0 Å². The van der Waals surface area contributed by atoms with Crippen molar-refractivity contribution in [2.45, 2.75) is 31.3 Å². The summed E-state index contributed by atoms with van der Waals surface area (Å²) in [5.41, 5.74) is 0. The molecule has 0 aromatic carbocycles. The van der Waals surface area contributed by atoms with Crippen LogP contribution in [0.2, 0.25) is 0 Å². The first-order valence-electron chi connectivity index (χ1n) is 5.01. The van der Waals surface area contributed by atoms with E-state index in [0.717, 1.165) is 19.3 Å². The van der Waals surface area contributed by atoms with Gasteiger partial charge in [0.2, 0.25) is 0 Å². The van der Waals surface area contributed by atoms with Gasteiger partial charge in [-0.3, -0.25) is 0 Å². The first-order chi connectivity index (χ1) is 7.19. The van der Waals surface area contributed by atoms with Gasteiger partial charge in [-0.1, -0.05) is 10.7 Å². The molecule has 0 amide bonds. The van der Waals surface area contributed by atoms with Gasteiger partial charge in [0.15, 0.2) is 6.04 Å². The molecule has 0 spiro atoms. The summed E-state index contributed by atoms with van der Waals surface area (Å²) in [6.45, 7) is 0. The van der Waals surface area contributed by atoms with E-state index in [1.165, 1.54) is 19.3 Å². The summed E-state index contributed by atoms with van der Waals surface area (Å²) in [7, 11) is 2.65. The first-order valence-corrected chi connectivity index (χ1v) is 5.01. The van der Waals surface area contributed by atoms with E-state index < -0.39 is 10.7 Å². The summed E-state index contributed by atoms with van der Waals surface area (Å²) in [6, 6.07) is 0.290. The maximum absolute atomic E-state index is 11.5. The van der Waals surface area contributed by atoms with Crippen LogP contribution in [-0.4, -0.2) is 31.4 Å². The van der Waals surface area contributed by atoms with Crippen molar-refractivity contribution in [3.05, 3.63) is 10.4 Å². The fraction of sp³-hybridized carbons (Fsp3) is 1.00. The van der Waals surface area contributed by atoms with Gasteiger partial charge >= 0.3 is 0 Å². The lowest BCUT2D eigenvalue weighted by Gasteiger charge is -2.37. The molecule has 1 aliphatic heterocycles. The quantitative estimate of drug-likeness (QED) is 0.348. The second-order valence-corrected chi connectivity index (χ2v) is 3.88. The molecule has 0 aromatic rings. The Hall–Kier alpha value is 0.410. The number of fused-ring (bicyclic) bond motifs is 2. The van der Waals surface area contributed by atoms with Crippen LogP contribution in [0.3, 0.4) is 0 Å². The van der Waals surface area contributed by atoms with Crippen molar-refractivity contribution in [3.63, 3.8) is 0 Å². The van der Waals surface area contributed by atoms with E-state index in [4.69, 9.17) is 0 Å². The van der Waals surface area contributed by atoms with Gasteiger partial charge in [-0.25, -0.2) is 0 Å². The fourth-order valence-corrected chi connectivity index (χ4v) is 2.55. The molecule has 9 heteroatoms. The maximum atomic E-state index is 11.5. The van der Waals surface area contributed by atoms with Crippen LogP contribution in [0.25, 0.3) is 0 Å². The molecule has 8 nitrogen and oxygen atoms in total. The molecule has 0 radical (unpaired) electrons. The molecule has 3 N–H and O–H groups in total. The average Bonchev–Trinajstić information content (AvgIpc) is 2.86. The molecule has 96 valence electrons. The summed E-state index contributed by atoms with van der Waals surface area (Å²) >= 11 is 0. The Morgan fingerprint density at radius 1 is 1.25 bits per heavy atom. The standard InChI is InChI=1S/C7H17N4O4.HI/c1-14-10(12)8-6-3-4-7(5-6)9(8)11(13)15-2;/h6-8,10-11H,3-5H2,1-2H3;1H/q+1;/p-1. The summed E-state index contributed by atoms with van der Waals surface area (Å²) in [6.07, 6.45) is 2.77. The molecule has 5 atom stereocenters. The minimum Gasteiger partial charge on any atom is -1.00 e. The molecule has 1 aliphatic carbocycles. The molecule has 1 heterocycles. The second-order valence-electron chi connectivity index (χ2n) is 3.88. The fourth-order valence-electron chi connectivity index (χ4n) is 2.55. The van der Waals surface area contributed by atoms with Crippen LogP contribution in [0.4, 0.5) is 0 Å². The zero-order valence-corrected chi connectivity index (χ0v) is 11.4. The minimum atomic E-state index is -0.456. The van der Waals surface area contributed by atoms with Crippen molar-refractivity contribution < 1.29 is 49.4 Å². The number of nitrogens with zero attached hydrogens (tertiary/aromatic N) is 1. The van der Waals surface area contributed by atoms with Gasteiger partial charge in [-0.05, 0) is 11.5 Å². The van der Waals surface area contributed by atoms with E-state index in [2.05, 4.69) is 9.68 Å². The van der Waals surface area contributed by atoms with E-state index in [1.54, 1.807) is 0 Å². The summed E-state index contributed by atoms with van der Waals surface area (Å²) in [5, 5.41) is 24.1. The molecule has 1 saturated heterocycles. The normalized spacial score (nSPS) is 37.1. The highest BCUT2D eigenvalue weighted by Crippen LogP contribution is 2.23. The van der Waals surface area contributed by atoms with Gasteiger partial charge in [0.1, 0.15) is 13.2 Å². The van der Waals surface area contributed by atoms with E-state index in [1.807, 2.05) is 0 Å². The van der Waals surface area contributed by atoms with Gasteiger partial charge < -0.3 is 34.4 Å². The highest BCUT2D eigenvalue weighted by Gasteiger charge is 2.57. The smallest absolute Gasteiger partial charge is 0.161 e. The Morgan fingerprint density at radius 3 is 2.50 bits per heavy atom. The molecular weight excluding hydrogens is 331 g/mol. The van der Waals surface area contributed by atoms with Crippen LogP contribution < -0.4 is 39.8 Å². The van der Waals surface area contributed by atoms with Crippen molar-refractivity contribution in [2.75, 3.05) is 14.2 Å². The maximum Gasteiger partial charge on any atom is 0.161 e. The van der Waals surface area contributed by atoms with Gasteiger partial charge in [0, 0.05) is 12.8 Å². The third-order valence-electron chi connectivity index (χ3n) is 3.18. The van der Waals surface area contributed by atoms with Crippen molar-refractivity contribution in [3.8, 4) is 0 Å². The van der Waals surface area contributed by atoms with E-state index >= 15 is 0 Å². The Balaban J connectivity index is 0.00000128. The number of hydrogen-bond donors (Lipinski definition) is 3.